The Balaban J connectivity index is 1.77. The fraction of sp³-hybridized carbons (Fsp3) is 0.529. The fourth-order valence-electron chi connectivity index (χ4n) is 2.87. The van der Waals surface area contributed by atoms with Gasteiger partial charge in [-0.15, -0.1) is 0 Å². The molecule has 1 saturated carbocycles. The van der Waals surface area contributed by atoms with Crippen LogP contribution in [0, 0.1) is 5.92 Å². The van der Waals surface area contributed by atoms with E-state index in [1.165, 1.54) is 13.2 Å². The van der Waals surface area contributed by atoms with Crippen LogP contribution in [0.15, 0.2) is 24.3 Å². The highest BCUT2D eigenvalue weighted by molar-refractivity contribution is 5.92. The molecule has 0 saturated heterocycles. The molecule has 2 rings (SSSR count). The monoisotopic (exact) mass is 338 g/mol. The molecule has 0 N–H and O–H groups in total. The highest BCUT2D eigenvalue weighted by Crippen LogP contribution is 2.29. The number of rotatable bonds is 6. The molecule has 0 aromatic heterocycles. The van der Waals surface area contributed by atoms with E-state index in [1.54, 1.807) is 18.2 Å². The van der Waals surface area contributed by atoms with Gasteiger partial charge in [-0.3, -0.25) is 4.89 Å². The van der Waals surface area contributed by atoms with Gasteiger partial charge in [0.05, 0.1) is 12.1 Å². The zero-order valence-electron chi connectivity index (χ0n) is 13.9. The number of carbonyl (C=O) groups excluding carboxylic acids is 2. The van der Waals surface area contributed by atoms with Gasteiger partial charge in [0.2, 0.25) is 0 Å². The minimum atomic E-state index is -1.02. The molecule has 132 valence electrons. The van der Waals surface area contributed by atoms with Crippen molar-refractivity contribution >= 4 is 12.1 Å². The molecule has 1 aromatic rings. The minimum Gasteiger partial charge on any atom is -0.496 e. The SMILES string of the molecule is CCC1CCCCC1OC(=O)OOOC(=O)c1ccccc1OC. The molecule has 7 heteroatoms. The van der Waals surface area contributed by atoms with Crippen molar-refractivity contribution < 1.29 is 33.9 Å². The van der Waals surface area contributed by atoms with E-state index >= 15 is 0 Å². The van der Waals surface area contributed by atoms with E-state index in [-0.39, 0.29) is 11.7 Å². The van der Waals surface area contributed by atoms with Crippen molar-refractivity contribution in [2.75, 3.05) is 7.11 Å². The van der Waals surface area contributed by atoms with Gasteiger partial charge >= 0.3 is 12.1 Å². The first-order valence-corrected chi connectivity index (χ1v) is 8.04. The predicted octanol–water partition coefficient (Wildman–Crippen LogP) is 3.82. The van der Waals surface area contributed by atoms with Crippen LogP contribution in [0.4, 0.5) is 4.79 Å². The summed E-state index contributed by atoms with van der Waals surface area (Å²) in [6.07, 6.45) is 3.70. The van der Waals surface area contributed by atoms with E-state index in [0.717, 1.165) is 32.1 Å². The molecule has 0 spiro atoms. The van der Waals surface area contributed by atoms with Crippen LogP contribution in [0.1, 0.15) is 49.4 Å². The summed E-state index contributed by atoms with van der Waals surface area (Å²) in [7, 11) is 1.43. The Morgan fingerprint density at radius 3 is 2.62 bits per heavy atom. The van der Waals surface area contributed by atoms with E-state index in [4.69, 9.17) is 9.47 Å². The largest absolute Gasteiger partial charge is 0.543 e. The van der Waals surface area contributed by atoms with Gasteiger partial charge in [0, 0.05) is 0 Å². The van der Waals surface area contributed by atoms with Gasteiger partial charge in [-0.25, -0.2) is 14.5 Å². The van der Waals surface area contributed by atoms with Crippen LogP contribution in [-0.4, -0.2) is 25.3 Å². The maximum absolute atomic E-state index is 11.8. The quantitative estimate of drug-likeness (QED) is 0.443. The van der Waals surface area contributed by atoms with E-state index in [1.807, 2.05) is 0 Å². The lowest BCUT2D eigenvalue weighted by molar-refractivity contribution is -0.453. The second-order valence-electron chi connectivity index (χ2n) is 5.58. The number of methoxy groups -OCH3 is 1. The summed E-state index contributed by atoms with van der Waals surface area (Å²) in [5.74, 6) is -0.201. The standard InChI is InChI=1S/C17H22O7/c1-3-12-8-4-6-10-14(12)21-17(19)23-24-22-16(18)13-9-5-7-11-15(13)20-2/h5,7,9,11-12,14H,3-4,6,8,10H2,1-2H3. The normalized spacial score (nSPS) is 20.1. The Morgan fingerprint density at radius 2 is 1.88 bits per heavy atom. The molecule has 1 aliphatic rings. The number of carbonyl (C=O) groups is 2. The molecule has 7 nitrogen and oxygen atoms in total. The number of hydrogen-bond acceptors (Lipinski definition) is 7. The van der Waals surface area contributed by atoms with Crippen molar-refractivity contribution in [3.8, 4) is 5.75 Å². The Hall–Kier alpha value is -2.28. The van der Waals surface area contributed by atoms with Gasteiger partial charge in [0.1, 0.15) is 17.4 Å². The number of para-hydroxylation sites is 1. The zero-order chi connectivity index (χ0) is 17.4. The van der Waals surface area contributed by atoms with Crippen LogP contribution in [0.5, 0.6) is 5.75 Å². The zero-order valence-corrected chi connectivity index (χ0v) is 13.9. The van der Waals surface area contributed by atoms with Crippen molar-refractivity contribution in [3.63, 3.8) is 0 Å². The first-order valence-electron chi connectivity index (χ1n) is 8.04. The van der Waals surface area contributed by atoms with Crippen molar-refractivity contribution in [1.29, 1.82) is 0 Å². The highest BCUT2D eigenvalue weighted by Gasteiger charge is 2.28. The van der Waals surface area contributed by atoms with Gasteiger partial charge in [0.25, 0.3) is 0 Å². The van der Waals surface area contributed by atoms with Crippen molar-refractivity contribution in [1.82, 2.24) is 0 Å². The molecule has 1 fully saturated rings. The van der Waals surface area contributed by atoms with Gasteiger partial charge in [-0.2, -0.15) is 0 Å². The molecule has 2 unspecified atom stereocenters. The molecular weight excluding hydrogens is 316 g/mol. The summed E-state index contributed by atoms with van der Waals surface area (Å²) in [4.78, 5) is 32.3. The third-order valence-electron chi connectivity index (χ3n) is 4.15. The molecule has 1 aromatic carbocycles. The predicted molar refractivity (Wildman–Crippen MR) is 83.1 cm³/mol. The average molecular weight is 338 g/mol. The lowest BCUT2D eigenvalue weighted by Crippen LogP contribution is -2.30. The van der Waals surface area contributed by atoms with Gasteiger partial charge in [0.15, 0.2) is 0 Å². The number of hydrogen-bond donors (Lipinski definition) is 0. The molecule has 0 radical (unpaired) electrons. The van der Waals surface area contributed by atoms with Crippen LogP contribution >= 0.6 is 0 Å². The van der Waals surface area contributed by atoms with Crippen LogP contribution in [0.25, 0.3) is 0 Å². The lowest BCUT2D eigenvalue weighted by Gasteiger charge is -2.29. The third-order valence-corrected chi connectivity index (χ3v) is 4.15. The molecule has 24 heavy (non-hydrogen) atoms. The van der Waals surface area contributed by atoms with E-state index in [9.17, 15) is 9.59 Å². The Morgan fingerprint density at radius 1 is 1.12 bits per heavy atom. The van der Waals surface area contributed by atoms with Gasteiger partial charge < -0.3 is 9.47 Å². The smallest absolute Gasteiger partial charge is 0.496 e. The second kappa shape index (κ2) is 9.12. The molecule has 0 bridgehead atoms. The van der Waals surface area contributed by atoms with Gasteiger partial charge in [-0.05, 0) is 43.7 Å². The van der Waals surface area contributed by atoms with Gasteiger partial charge in [-0.1, -0.05) is 25.5 Å². The second-order valence-corrected chi connectivity index (χ2v) is 5.58. The third kappa shape index (κ3) is 4.86. The first kappa shape index (κ1) is 18.1. The molecule has 0 heterocycles. The van der Waals surface area contributed by atoms with E-state index in [2.05, 4.69) is 21.7 Å². The average Bonchev–Trinajstić information content (AvgIpc) is 2.62. The summed E-state index contributed by atoms with van der Waals surface area (Å²) < 4.78 is 10.3. The molecule has 0 amide bonds. The molecule has 2 atom stereocenters. The first-order chi connectivity index (χ1) is 11.7. The van der Waals surface area contributed by atoms with Crippen LogP contribution in [-0.2, 0) is 19.6 Å². The number of benzene rings is 1. The Labute approximate surface area is 140 Å². The van der Waals surface area contributed by atoms with Crippen LogP contribution in [0.3, 0.4) is 0 Å². The summed E-state index contributed by atoms with van der Waals surface area (Å²) in [5, 5.41) is 4.24. The lowest BCUT2D eigenvalue weighted by atomic mass is 9.85. The minimum absolute atomic E-state index is 0.148. The Bertz CT molecular complexity index is 558. The molecule has 1 aliphatic carbocycles. The fourth-order valence-corrected chi connectivity index (χ4v) is 2.87. The van der Waals surface area contributed by atoms with E-state index < -0.39 is 12.1 Å². The highest BCUT2D eigenvalue weighted by atomic mass is 17.5. The van der Waals surface area contributed by atoms with Crippen molar-refractivity contribution in [3.05, 3.63) is 29.8 Å². The van der Waals surface area contributed by atoms with Crippen LogP contribution in [0.2, 0.25) is 0 Å². The van der Waals surface area contributed by atoms with Crippen molar-refractivity contribution in [2.24, 2.45) is 5.92 Å². The van der Waals surface area contributed by atoms with E-state index in [0.29, 0.717) is 11.7 Å². The molecular formula is C17H22O7. The topological polar surface area (TPSA) is 80.3 Å². The summed E-state index contributed by atoms with van der Waals surface area (Å²) in [5.41, 5.74) is 0.148. The van der Waals surface area contributed by atoms with Crippen molar-refractivity contribution in [2.45, 2.75) is 45.1 Å². The molecule has 0 aliphatic heterocycles. The maximum Gasteiger partial charge on any atom is 0.543 e. The maximum atomic E-state index is 11.8. The Kier molecular flexibility index (Phi) is 6.87. The summed E-state index contributed by atoms with van der Waals surface area (Å²) in [6.45, 7) is 2.06. The number of ether oxygens (including phenoxy) is 2. The van der Waals surface area contributed by atoms with Crippen LogP contribution < -0.4 is 4.74 Å². The summed E-state index contributed by atoms with van der Waals surface area (Å²) >= 11 is 0. The summed E-state index contributed by atoms with van der Waals surface area (Å²) in [6, 6.07) is 6.44.